The lowest BCUT2D eigenvalue weighted by molar-refractivity contribution is 0.102. The molecular formula is C16H20BrN3. The summed E-state index contributed by atoms with van der Waals surface area (Å²) in [5.74, 6) is 0.748. The van der Waals surface area contributed by atoms with Crippen LogP contribution in [0.25, 0.3) is 0 Å². The van der Waals surface area contributed by atoms with E-state index in [4.69, 9.17) is 0 Å². The van der Waals surface area contributed by atoms with Gasteiger partial charge in [0.25, 0.3) is 0 Å². The fourth-order valence-electron chi connectivity index (χ4n) is 3.74. The second kappa shape index (κ2) is 5.75. The number of nitriles is 1. The minimum atomic E-state index is 0.737. The van der Waals surface area contributed by atoms with E-state index in [-0.39, 0.29) is 0 Å². The minimum absolute atomic E-state index is 0.737. The number of piperidine rings is 2. The predicted octanol–water partition coefficient (Wildman–Crippen LogP) is 3.24. The van der Waals surface area contributed by atoms with Gasteiger partial charge in [0.1, 0.15) is 6.07 Å². The number of hydrogen-bond donors (Lipinski definition) is 0. The van der Waals surface area contributed by atoms with E-state index >= 15 is 0 Å². The van der Waals surface area contributed by atoms with E-state index < -0.39 is 0 Å². The molecule has 1 aromatic rings. The van der Waals surface area contributed by atoms with Gasteiger partial charge in [0, 0.05) is 23.6 Å². The van der Waals surface area contributed by atoms with Crippen LogP contribution in [0.5, 0.6) is 0 Å². The van der Waals surface area contributed by atoms with Crippen LogP contribution in [0.4, 0.5) is 5.69 Å². The van der Waals surface area contributed by atoms with E-state index in [1.54, 1.807) is 0 Å². The third-order valence-electron chi connectivity index (χ3n) is 4.77. The highest BCUT2D eigenvalue weighted by Gasteiger charge is 2.34. The van der Waals surface area contributed by atoms with Crippen LogP contribution < -0.4 is 4.90 Å². The summed E-state index contributed by atoms with van der Waals surface area (Å²) in [4.78, 5) is 4.93. The van der Waals surface area contributed by atoms with Crippen LogP contribution in [-0.4, -0.2) is 37.6 Å². The van der Waals surface area contributed by atoms with Gasteiger partial charge in [0.2, 0.25) is 0 Å². The molecule has 2 atom stereocenters. The predicted molar refractivity (Wildman–Crippen MR) is 84.8 cm³/mol. The van der Waals surface area contributed by atoms with E-state index in [0.29, 0.717) is 0 Å². The standard InChI is InChI=1S/C16H20BrN3/c1-19-7-2-3-12-11-20(8-6-15(12)19)16-5-4-14(17)9-13(16)10-18/h4-5,9,12,15H,2-3,6-8,11H2,1H3. The molecule has 2 aliphatic rings. The summed E-state index contributed by atoms with van der Waals surface area (Å²) in [6, 6.07) is 9.11. The molecule has 2 saturated heterocycles. The van der Waals surface area contributed by atoms with Crippen molar-refractivity contribution in [2.24, 2.45) is 5.92 Å². The van der Waals surface area contributed by atoms with Crippen LogP contribution >= 0.6 is 15.9 Å². The topological polar surface area (TPSA) is 30.3 Å². The van der Waals surface area contributed by atoms with E-state index in [1.807, 2.05) is 12.1 Å². The fraction of sp³-hybridized carbons (Fsp3) is 0.562. The highest BCUT2D eigenvalue weighted by molar-refractivity contribution is 9.10. The second-order valence-electron chi connectivity index (χ2n) is 5.96. The molecule has 0 spiro atoms. The summed E-state index contributed by atoms with van der Waals surface area (Å²) in [6.45, 7) is 3.38. The van der Waals surface area contributed by atoms with Gasteiger partial charge in [-0.25, -0.2) is 0 Å². The first-order valence-electron chi connectivity index (χ1n) is 7.34. The number of nitrogens with zero attached hydrogens (tertiary/aromatic N) is 3. The number of likely N-dealkylation sites (tertiary alicyclic amines) is 1. The Kier molecular flexibility index (Phi) is 4.00. The number of rotatable bonds is 1. The molecule has 106 valence electrons. The summed E-state index contributed by atoms with van der Waals surface area (Å²) in [5.41, 5.74) is 1.88. The van der Waals surface area contributed by atoms with Crippen molar-refractivity contribution >= 4 is 21.6 Å². The molecule has 20 heavy (non-hydrogen) atoms. The molecular weight excluding hydrogens is 314 g/mol. The van der Waals surface area contributed by atoms with Gasteiger partial charge in [-0.3, -0.25) is 0 Å². The molecule has 0 saturated carbocycles. The zero-order valence-corrected chi connectivity index (χ0v) is 13.4. The van der Waals surface area contributed by atoms with Gasteiger partial charge < -0.3 is 9.80 Å². The molecule has 3 rings (SSSR count). The molecule has 0 amide bonds. The molecule has 1 aromatic carbocycles. The molecule has 0 aromatic heterocycles. The SMILES string of the molecule is CN1CCCC2CN(c3ccc(Br)cc3C#N)CCC21. The Morgan fingerprint density at radius 3 is 2.95 bits per heavy atom. The molecule has 4 heteroatoms. The Morgan fingerprint density at radius 2 is 2.15 bits per heavy atom. The molecule has 2 fully saturated rings. The molecule has 0 radical (unpaired) electrons. The number of benzene rings is 1. The summed E-state index contributed by atoms with van der Waals surface area (Å²) in [6.07, 6.45) is 3.84. The largest absolute Gasteiger partial charge is 0.370 e. The highest BCUT2D eigenvalue weighted by Crippen LogP contribution is 2.33. The minimum Gasteiger partial charge on any atom is -0.370 e. The lowest BCUT2D eigenvalue weighted by Gasteiger charge is -2.46. The lowest BCUT2D eigenvalue weighted by Crippen LogP contribution is -2.52. The quantitative estimate of drug-likeness (QED) is 0.790. The Labute approximate surface area is 129 Å². The van der Waals surface area contributed by atoms with E-state index in [9.17, 15) is 5.26 Å². The van der Waals surface area contributed by atoms with Gasteiger partial charge in [-0.2, -0.15) is 5.26 Å². The molecule has 0 N–H and O–H groups in total. The van der Waals surface area contributed by atoms with Gasteiger partial charge in [0.05, 0.1) is 11.3 Å². The van der Waals surface area contributed by atoms with Crippen molar-refractivity contribution in [3.63, 3.8) is 0 Å². The van der Waals surface area contributed by atoms with Crippen molar-refractivity contribution in [3.8, 4) is 6.07 Å². The van der Waals surface area contributed by atoms with Crippen molar-refractivity contribution < 1.29 is 0 Å². The number of hydrogen-bond acceptors (Lipinski definition) is 3. The Hall–Kier alpha value is -1.05. The molecule has 2 unspecified atom stereocenters. The van der Waals surface area contributed by atoms with Crippen molar-refractivity contribution in [2.75, 3.05) is 31.6 Å². The zero-order valence-electron chi connectivity index (χ0n) is 11.8. The highest BCUT2D eigenvalue weighted by atomic mass is 79.9. The molecule has 2 aliphatic heterocycles. The summed E-state index contributed by atoms with van der Waals surface area (Å²) in [5, 5.41) is 9.34. The maximum atomic E-state index is 9.34. The number of anilines is 1. The summed E-state index contributed by atoms with van der Waals surface area (Å²) < 4.78 is 0.977. The van der Waals surface area contributed by atoms with Crippen molar-refractivity contribution in [1.29, 1.82) is 5.26 Å². The summed E-state index contributed by atoms with van der Waals surface area (Å²) in [7, 11) is 2.26. The maximum Gasteiger partial charge on any atom is 0.101 e. The molecule has 3 nitrogen and oxygen atoms in total. The van der Waals surface area contributed by atoms with Gasteiger partial charge in [0.15, 0.2) is 0 Å². The van der Waals surface area contributed by atoms with Crippen LogP contribution in [0.3, 0.4) is 0 Å². The molecule has 2 heterocycles. The normalized spacial score (nSPS) is 26.9. The first-order valence-corrected chi connectivity index (χ1v) is 8.13. The van der Waals surface area contributed by atoms with E-state index in [0.717, 1.165) is 40.8 Å². The Bertz CT molecular complexity index is 537. The fourth-order valence-corrected chi connectivity index (χ4v) is 4.11. The van der Waals surface area contributed by atoms with Crippen molar-refractivity contribution in [3.05, 3.63) is 28.2 Å². The number of fused-ring (bicyclic) bond motifs is 1. The average Bonchev–Trinajstić information content (AvgIpc) is 2.47. The first-order chi connectivity index (χ1) is 9.69. The van der Waals surface area contributed by atoms with Crippen LogP contribution in [0.15, 0.2) is 22.7 Å². The van der Waals surface area contributed by atoms with Crippen LogP contribution in [0, 0.1) is 17.2 Å². The Morgan fingerprint density at radius 1 is 1.30 bits per heavy atom. The van der Waals surface area contributed by atoms with Gasteiger partial charge in [-0.15, -0.1) is 0 Å². The average molecular weight is 334 g/mol. The lowest BCUT2D eigenvalue weighted by atomic mass is 9.84. The summed E-state index contributed by atoms with van der Waals surface area (Å²) >= 11 is 3.45. The van der Waals surface area contributed by atoms with Crippen LogP contribution in [-0.2, 0) is 0 Å². The van der Waals surface area contributed by atoms with Crippen LogP contribution in [0.2, 0.25) is 0 Å². The van der Waals surface area contributed by atoms with E-state index in [2.05, 4.69) is 44.9 Å². The third kappa shape index (κ3) is 2.57. The smallest absolute Gasteiger partial charge is 0.101 e. The van der Waals surface area contributed by atoms with Crippen molar-refractivity contribution in [1.82, 2.24) is 4.90 Å². The van der Waals surface area contributed by atoms with Gasteiger partial charge >= 0.3 is 0 Å². The second-order valence-corrected chi connectivity index (χ2v) is 6.87. The third-order valence-corrected chi connectivity index (χ3v) is 5.26. The number of halogens is 1. The van der Waals surface area contributed by atoms with Crippen molar-refractivity contribution in [2.45, 2.75) is 25.3 Å². The maximum absolute atomic E-state index is 9.34. The first kappa shape index (κ1) is 13.9. The molecule has 0 aliphatic carbocycles. The Balaban J connectivity index is 1.81. The monoisotopic (exact) mass is 333 g/mol. The van der Waals surface area contributed by atoms with Crippen LogP contribution in [0.1, 0.15) is 24.8 Å². The van der Waals surface area contributed by atoms with E-state index in [1.165, 1.54) is 25.8 Å². The van der Waals surface area contributed by atoms with Gasteiger partial charge in [-0.05, 0) is 57.0 Å². The molecule has 0 bridgehead atoms. The zero-order chi connectivity index (χ0) is 14.1. The van der Waals surface area contributed by atoms with Gasteiger partial charge in [-0.1, -0.05) is 15.9 Å².